The van der Waals surface area contributed by atoms with Gasteiger partial charge in [0, 0.05) is 43.8 Å². The third-order valence-electron chi connectivity index (χ3n) is 6.43. The Morgan fingerprint density at radius 2 is 1.95 bits per heavy atom. The molecule has 0 aliphatic carbocycles. The summed E-state index contributed by atoms with van der Waals surface area (Å²) in [6.07, 6.45) is 1.41. The van der Waals surface area contributed by atoms with Crippen LogP contribution in [-0.4, -0.2) is 83.3 Å². The molecule has 1 aromatic rings. The van der Waals surface area contributed by atoms with E-state index in [0.717, 1.165) is 22.9 Å². The first-order chi connectivity index (χ1) is 18.1. The van der Waals surface area contributed by atoms with Crippen molar-refractivity contribution in [3.8, 4) is 0 Å². The molecule has 0 aromatic heterocycles. The Morgan fingerprint density at radius 3 is 2.63 bits per heavy atom. The molecule has 0 spiro atoms. The number of carbonyl (C=O) groups excluding carboxylic acids is 6. The maximum Gasteiger partial charge on any atom is 0.325 e. The number of amides is 3. The number of rotatable bonds is 10. The predicted molar refractivity (Wildman–Crippen MR) is 137 cm³/mol. The van der Waals surface area contributed by atoms with Gasteiger partial charge in [0.1, 0.15) is 12.1 Å². The summed E-state index contributed by atoms with van der Waals surface area (Å²) < 4.78 is 9.43. The fourth-order valence-corrected chi connectivity index (χ4v) is 5.18. The molecule has 206 valence electrons. The minimum atomic E-state index is -0.783. The van der Waals surface area contributed by atoms with Crippen molar-refractivity contribution in [1.82, 2.24) is 15.3 Å². The van der Waals surface area contributed by atoms with E-state index in [1.54, 1.807) is 30.0 Å². The van der Waals surface area contributed by atoms with E-state index in [2.05, 4.69) is 15.5 Å². The first-order valence-corrected chi connectivity index (χ1v) is 13.2. The lowest BCUT2D eigenvalue weighted by molar-refractivity contribution is -0.152. The molecule has 0 bridgehead atoms. The fourth-order valence-electron chi connectivity index (χ4n) is 4.55. The van der Waals surface area contributed by atoms with E-state index < -0.39 is 42.4 Å². The molecule has 2 N–H and O–H groups in total. The van der Waals surface area contributed by atoms with Crippen molar-refractivity contribution < 1.29 is 38.2 Å². The van der Waals surface area contributed by atoms with Crippen molar-refractivity contribution in [2.75, 3.05) is 31.3 Å². The molecular weight excluding hydrogens is 516 g/mol. The SMILES string of the molecule is COC(=O)C1Cc2ccc(NC(=O)COC=O)cc2CN1NC(=O)[C@@H]1CCCN1C(=O)[C@H](C)CSC(C)=O. The number of thioether (sulfide) groups is 1. The van der Waals surface area contributed by atoms with Gasteiger partial charge in [-0.05, 0) is 36.1 Å². The molecule has 3 amide bonds. The molecule has 13 heteroatoms. The quantitative estimate of drug-likeness (QED) is 0.315. The van der Waals surface area contributed by atoms with Gasteiger partial charge in [-0.15, -0.1) is 0 Å². The summed E-state index contributed by atoms with van der Waals surface area (Å²) in [5.74, 6) is -1.71. The number of fused-ring (bicyclic) bond motifs is 1. The number of hydrazine groups is 1. The average Bonchev–Trinajstić information content (AvgIpc) is 3.39. The van der Waals surface area contributed by atoms with Crippen molar-refractivity contribution in [2.24, 2.45) is 5.92 Å². The number of likely N-dealkylation sites (tertiary alicyclic amines) is 1. The van der Waals surface area contributed by atoms with Gasteiger partial charge in [-0.25, -0.2) is 5.01 Å². The number of carbonyl (C=O) groups is 6. The summed E-state index contributed by atoms with van der Waals surface area (Å²) in [5, 5.41) is 4.05. The summed E-state index contributed by atoms with van der Waals surface area (Å²) in [6.45, 7) is 3.54. The molecule has 1 saturated heterocycles. The molecular formula is C25H32N4O8S. The van der Waals surface area contributed by atoms with E-state index in [9.17, 15) is 28.8 Å². The van der Waals surface area contributed by atoms with Crippen LogP contribution >= 0.6 is 11.8 Å². The van der Waals surface area contributed by atoms with Gasteiger partial charge in [-0.3, -0.25) is 34.2 Å². The number of hydrogen-bond acceptors (Lipinski definition) is 10. The van der Waals surface area contributed by atoms with Gasteiger partial charge in [0.25, 0.3) is 18.3 Å². The van der Waals surface area contributed by atoms with Crippen molar-refractivity contribution in [1.29, 1.82) is 0 Å². The Kier molecular flexibility index (Phi) is 10.2. The van der Waals surface area contributed by atoms with Crippen molar-refractivity contribution in [3.63, 3.8) is 0 Å². The number of anilines is 1. The van der Waals surface area contributed by atoms with Crippen LogP contribution in [0.2, 0.25) is 0 Å². The minimum Gasteiger partial charge on any atom is -0.468 e. The molecule has 2 aliphatic rings. The minimum absolute atomic E-state index is 0.0726. The molecule has 38 heavy (non-hydrogen) atoms. The third kappa shape index (κ3) is 7.32. The molecule has 2 aliphatic heterocycles. The van der Waals surface area contributed by atoms with Crippen LogP contribution in [0.3, 0.4) is 0 Å². The van der Waals surface area contributed by atoms with Gasteiger partial charge < -0.3 is 19.7 Å². The monoisotopic (exact) mass is 548 g/mol. The molecule has 1 fully saturated rings. The van der Waals surface area contributed by atoms with Crippen molar-refractivity contribution in [2.45, 2.75) is 51.7 Å². The van der Waals surface area contributed by atoms with Gasteiger partial charge >= 0.3 is 5.97 Å². The Bertz CT molecular complexity index is 1100. The highest BCUT2D eigenvalue weighted by Crippen LogP contribution is 2.27. The van der Waals surface area contributed by atoms with Gasteiger partial charge in [-0.2, -0.15) is 0 Å². The average molecular weight is 549 g/mol. The van der Waals surface area contributed by atoms with Crippen LogP contribution < -0.4 is 10.7 Å². The molecule has 12 nitrogen and oxygen atoms in total. The standard InChI is InChI=1S/C25H32N4O8S/c1-15(13-38-16(2)31)24(34)28-8-4-5-20(28)23(33)27-29-11-18-9-19(26-22(32)12-37-14-30)7-6-17(18)10-21(29)25(35)36-3/h6-7,9,14-15,20-21H,4-5,8,10-13H2,1-3H3,(H,26,32)(H,27,33)/t15-,20+,21?/m1/s1. The van der Waals surface area contributed by atoms with E-state index in [1.807, 2.05) is 0 Å². The largest absolute Gasteiger partial charge is 0.468 e. The molecule has 0 radical (unpaired) electrons. The molecule has 1 unspecified atom stereocenters. The van der Waals surface area contributed by atoms with E-state index in [0.29, 0.717) is 30.8 Å². The maximum absolute atomic E-state index is 13.3. The zero-order chi connectivity index (χ0) is 27.8. The summed E-state index contributed by atoms with van der Waals surface area (Å²) >= 11 is 1.08. The first-order valence-electron chi connectivity index (χ1n) is 12.2. The van der Waals surface area contributed by atoms with E-state index >= 15 is 0 Å². The highest BCUT2D eigenvalue weighted by molar-refractivity contribution is 8.13. The van der Waals surface area contributed by atoms with E-state index in [-0.39, 0.29) is 30.5 Å². The summed E-state index contributed by atoms with van der Waals surface area (Å²) in [6, 6.07) is 3.69. The van der Waals surface area contributed by atoms with E-state index in [4.69, 9.17) is 4.74 Å². The first kappa shape index (κ1) is 29.1. The zero-order valence-corrected chi connectivity index (χ0v) is 22.4. The van der Waals surface area contributed by atoms with Crippen LogP contribution in [0.1, 0.15) is 37.8 Å². The summed E-state index contributed by atoms with van der Waals surface area (Å²) in [7, 11) is 1.27. The predicted octanol–water partition coefficient (Wildman–Crippen LogP) is 0.636. The second kappa shape index (κ2) is 13.4. The Balaban J connectivity index is 1.73. The molecule has 3 atom stereocenters. The summed E-state index contributed by atoms with van der Waals surface area (Å²) in [5.41, 5.74) is 4.91. The highest BCUT2D eigenvalue weighted by atomic mass is 32.2. The van der Waals surface area contributed by atoms with Gasteiger partial charge in [0.15, 0.2) is 11.7 Å². The molecule has 0 saturated carbocycles. The lowest BCUT2D eigenvalue weighted by Crippen LogP contribution is -2.58. The number of hydrogen-bond donors (Lipinski definition) is 2. The second-order valence-corrected chi connectivity index (χ2v) is 10.4. The van der Waals surface area contributed by atoms with Crippen molar-refractivity contribution in [3.05, 3.63) is 29.3 Å². The number of methoxy groups -OCH3 is 1. The van der Waals surface area contributed by atoms with Gasteiger partial charge in [-0.1, -0.05) is 24.8 Å². The molecule has 1 aromatic carbocycles. The number of nitrogens with one attached hydrogen (secondary N) is 2. The van der Waals surface area contributed by atoms with E-state index in [1.165, 1.54) is 19.0 Å². The number of benzene rings is 1. The Labute approximate surface area is 224 Å². The van der Waals surface area contributed by atoms with Gasteiger partial charge in [0.2, 0.25) is 5.91 Å². The topological polar surface area (TPSA) is 151 Å². The highest BCUT2D eigenvalue weighted by Gasteiger charge is 2.39. The Morgan fingerprint density at radius 1 is 1.18 bits per heavy atom. The van der Waals surface area contributed by atoms with Crippen LogP contribution in [0, 0.1) is 5.92 Å². The van der Waals surface area contributed by atoms with Crippen LogP contribution in [0.25, 0.3) is 0 Å². The van der Waals surface area contributed by atoms with Crippen LogP contribution in [-0.2, 0) is 51.2 Å². The smallest absolute Gasteiger partial charge is 0.325 e. The lowest BCUT2D eigenvalue weighted by atomic mass is 9.94. The number of esters is 1. The summed E-state index contributed by atoms with van der Waals surface area (Å²) in [4.78, 5) is 74.0. The van der Waals surface area contributed by atoms with Crippen LogP contribution in [0.4, 0.5) is 5.69 Å². The third-order valence-corrected chi connectivity index (χ3v) is 7.50. The lowest BCUT2D eigenvalue weighted by Gasteiger charge is -2.36. The van der Waals surface area contributed by atoms with Crippen molar-refractivity contribution >= 4 is 52.7 Å². The van der Waals surface area contributed by atoms with Gasteiger partial charge in [0.05, 0.1) is 7.11 Å². The Hall–Kier alpha value is -3.45. The normalized spacial score (nSPS) is 19.6. The number of nitrogens with zero attached hydrogens (tertiary/aromatic N) is 2. The zero-order valence-electron chi connectivity index (χ0n) is 21.6. The second-order valence-electron chi connectivity index (χ2n) is 9.18. The maximum atomic E-state index is 13.3. The molecule has 2 heterocycles. The number of ether oxygens (including phenoxy) is 2. The fraction of sp³-hybridized carbons (Fsp3) is 0.520. The van der Waals surface area contributed by atoms with Crippen LogP contribution in [0.5, 0.6) is 0 Å². The van der Waals surface area contributed by atoms with Crippen LogP contribution in [0.15, 0.2) is 18.2 Å². The molecule has 3 rings (SSSR count).